The number of nitrogens with zero attached hydrogens (tertiary/aromatic N) is 1. The van der Waals surface area contributed by atoms with Gasteiger partial charge in [0, 0.05) is 4.47 Å². The lowest BCUT2D eigenvalue weighted by Gasteiger charge is -2.27. The summed E-state index contributed by atoms with van der Waals surface area (Å²) in [5, 5.41) is 9.72. The van der Waals surface area contributed by atoms with Crippen molar-refractivity contribution in [1.29, 1.82) is 5.26 Å². The van der Waals surface area contributed by atoms with E-state index in [0.717, 1.165) is 10.0 Å². The Morgan fingerprint density at radius 3 is 2.56 bits per heavy atom. The lowest BCUT2D eigenvalue weighted by molar-refractivity contribution is -0.139. The second-order valence-electron chi connectivity index (χ2n) is 6.94. The first-order valence-electron chi connectivity index (χ1n) is 9.90. The largest absolute Gasteiger partial charge is 0.493 e. The number of benzene rings is 2. The second kappa shape index (κ2) is 10.2. The molecule has 7 nitrogen and oxygen atoms in total. The molecule has 0 aromatic heterocycles. The van der Waals surface area contributed by atoms with E-state index in [9.17, 15) is 10.1 Å². The zero-order valence-electron chi connectivity index (χ0n) is 18.0. The molecule has 166 valence electrons. The Morgan fingerprint density at radius 2 is 1.94 bits per heavy atom. The molecule has 1 aliphatic heterocycles. The van der Waals surface area contributed by atoms with Gasteiger partial charge in [0.2, 0.25) is 5.88 Å². The highest BCUT2D eigenvalue weighted by atomic mass is 79.9. The molecule has 3 rings (SSSR count). The van der Waals surface area contributed by atoms with Crippen molar-refractivity contribution in [2.45, 2.75) is 26.4 Å². The molecule has 1 unspecified atom stereocenters. The van der Waals surface area contributed by atoms with Crippen LogP contribution >= 0.6 is 15.9 Å². The molecule has 1 aliphatic rings. The van der Waals surface area contributed by atoms with Crippen LogP contribution in [0.25, 0.3) is 0 Å². The average molecular weight is 499 g/mol. The van der Waals surface area contributed by atoms with E-state index in [0.29, 0.717) is 29.4 Å². The number of rotatable bonds is 7. The number of hydrogen-bond acceptors (Lipinski definition) is 7. The lowest BCUT2D eigenvalue weighted by Crippen LogP contribution is -2.25. The number of allylic oxidation sites excluding steroid dienone is 2. The molecular weight excluding hydrogens is 476 g/mol. The molecule has 0 aliphatic carbocycles. The number of halogens is 1. The van der Waals surface area contributed by atoms with E-state index in [1.54, 1.807) is 32.0 Å². The van der Waals surface area contributed by atoms with Crippen molar-refractivity contribution in [2.75, 3.05) is 13.7 Å². The standard InChI is InChI=1S/C24H23BrN2O5/c1-4-30-24(28)21-14(2)32-23(27)18(12-26)22(21)16-7-10-19(20(11-16)29-3)31-13-15-5-8-17(25)9-6-15/h5-11,22H,4,13,27H2,1-3H3. The fraction of sp³-hybridized carbons (Fsp3) is 0.250. The van der Waals surface area contributed by atoms with Gasteiger partial charge < -0.3 is 24.7 Å². The summed E-state index contributed by atoms with van der Waals surface area (Å²) in [6.45, 7) is 3.87. The molecule has 2 aromatic rings. The highest BCUT2D eigenvalue weighted by Crippen LogP contribution is 2.42. The molecule has 0 amide bonds. The lowest BCUT2D eigenvalue weighted by atomic mass is 9.83. The summed E-state index contributed by atoms with van der Waals surface area (Å²) in [5.41, 5.74) is 7.93. The van der Waals surface area contributed by atoms with Gasteiger partial charge >= 0.3 is 5.97 Å². The first kappa shape index (κ1) is 23.2. The monoisotopic (exact) mass is 498 g/mol. The topological polar surface area (TPSA) is 104 Å². The van der Waals surface area contributed by atoms with Gasteiger partial charge in [-0.15, -0.1) is 0 Å². The van der Waals surface area contributed by atoms with Gasteiger partial charge in [-0.1, -0.05) is 34.1 Å². The van der Waals surface area contributed by atoms with Crippen LogP contribution in [-0.4, -0.2) is 19.7 Å². The number of nitrogens with two attached hydrogens (primary N) is 1. The Labute approximate surface area is 195 Å². The zero-order chi connectivity index (χ0) is 23.3. The van der Waals surface area contributed by atoms with Crippen molar-refractivity contribution in [3.63, 3.8) is 0 Å². The number of carbonyl (C=O) groups is 1. The maximum absolute atomic E-state index is 12.7. The third-order valence-corrected chi connectivity index (χ3v) is 5.46. The molecule has 1 heterocycles. The molecule has 0 fully saturated rings. The maximum Gasteiger partial charge on any atom is 0.338 e. The van der Waals surface area contributed by atoms with Crippen LogP contribution in [0, 0.1) is 11.3 Å². The normalized spacial score (nSPS) is 15.7. The minimum Gasteiger partial charge on any atom is -0.493 e. The second-order valence-corrected chi connectivity index (χ2v) is 7.86. The summed E-state index contributed by atoms with van der Waals surface area (Å²) >= 11 is 3.41. The van der Waals surface area contributed by atoms with Crippen molar-refractivity contribution in [3.8, 4) is 17.6 Å². The molecule has 2 N–H and O–H groups in total. The summed E-state index contributed by atoms with van der Waals surface area (Å²) < 4.78 is 23.1. The van der Waals surface area contributed by atoms with Crippen LogP contribution in [0.1, 0.15) is 30.9 Å². The van der Waals surface area contributed by atoms with Gasteiger partial charge in [-0.2, -0.15) is 5.26 Å². The van der Waals surface area contributed by atoms with Gasteiger partial charge in [0.15, 0.2) is 11.5 Å². The Bertz CT molecular complexity index is 1120. The number of methoxy groups -OCH3 is 1. The van der Waals surface area contributed by atoms with Crippen LogP contribution in [0.15, 0.2) is 69.7 Å². The van der Waals surface area contributed by atoms with E-state index < -0.39 is 11.9 Å². The quantitative estimate of drug-likeness (QED) is 0.552. The summed E-state index contributed by atoms with van der Waals surface area (Å²) in [5.74, 6) is -0.0769. The molecule has 32 heavy (non-hydrogen) atoms. The third-order valence-electron chi connectivity index (χ3n) is 4.93. The average Bonchev–Trinajstić information content (AvgIpc) is 2.78. The summed E-state index contributed by atoms with van der Waals surface area (Å²) in [4.78, 5) is 12.7. The summed E-state index contributed by atoms with van der Waals surface area (Å²) in [7, 11) is 1.53. The van der Waals surface area contributed by atoms with Crippen molar-refractivity contribution < 1.29 is 23.7 Å². The van der Waals surface area contributed by atoms with E-state index >= 15 is 0 Å². The predicted octanol–water partition coefficient (Wildman–Crippen LogP) is 4.68. The Hall–Kier alpha value is -3.44. The Morgan fingerprint density at radius 1 is 1.22 bits per heavy atom. The van der Waals surface area contributed by atoms with Gasteiger partial charge in [-0.3, -0.25) is 0 Å². The first-order valence-corrected chi connectivity index (χ1v) is 10.7. The van der Waals surface area contributed by atoms with Crippen molar-refractivity contribution in [3.05, 3.63) is 80.9 Å². The van der Waals surface area contributed by atoms with Gasteiger partial charge in [0.05, 0.1) is 25.2 Å². The minimum atomic E-state index is -0.748. The van der Waals surface area contributed by atoms with Gasteiger partial charge in [-0.25, -0.2) is 4.79 Å². The SMILES string of the molecule is CCOC(=O)C1=C(C)OC(N)=C(C#N)C1c1ccc(OCc2ccc(Br)cc2)c(OC)c1. The zero-order valence-corrected chi connectivity index (χ0v) is 19.6. The fourth-order valence-corrected chi connectivity index (χ4v) is 3.68. The van der Waals surface area contributed by atoms with Gasteiger partial charge in [0.1, 0.15) is 24.0 Å². The van der Waals surface area contributed by atoms with Crippen LogP contribution in [0.3, 0.4) is 0 Å². The Kier molecular flexibility index (Phi) is 7.44. The van der Waals surface area contributed by atoms with E-state index in [-0.39, 0.29) is 23.6 Å². The molecule has 0 radical (unpaired) electrons. The number of ether oxygens (including phenoxy) is 4. The molecule has 0 saturated carbocycles. The molecule has 0 bridgehead atoms. The maximum atomic E-state index is 12.7. The van der Waals surface area contributed by atoms with Gasteiger partial charge in [0.25, 0.3) is 0 Å². The van der Waals surface area contributed by atoms with Crippen LogP contribution in [0.4, 0.5) is 0 Å². The first-order chi connectivity index (χ1) is 15.4. The molecule has 8 heteroatoms. The van der Waals surface area contributed by atoms with Crippen molar-refractivity contribution >= 4 is 21.9 Å². The molecule has 2 aromatic carbocycles. The van der Waals surface area contributed by atoms with E-state index in [1.807, 2.05) is 24.3 Å². The van der Waals surface area contributed by atoms with Crippen molar-refractivity contribution in [2.24, 2.45) is 5.73 Å². The van der Waals surface area contributed by atoms with E-state index in [1.165, 1.54) is 7.11 Å². The molecule has 1 atom stereocenters. The van der Waals surface area contributed by atoms with Gasteiger partial charge in [-0.05, 0) is 49.2 Å². The summed E-state index contributed by atoms with van der Waals surface area (Å²) in [6, 6.07) is 15.1. The molecule has 0 saturated heterocycles. The predicted molar refractivity (Wildman–Crippen MR) is 121 cm³/mol. The Balaban J connectivity index is 1.97. The highest BCUT2D eigenvalue weighted by molar-refractivity contribution is 9.10. The molecular formula is C24H23BrN2O5. The fourth-order valence-electron chi connectivity index (χ4n) is 3.41. The smallest absolute Gasteiger partial charge is 0.338 e. The number of nitriles is 1. The highest BCUT2D eigenvalue weighted by Gasteiger charge is 2.36. The van der Waals surface area contributed by atoms with Crippen molar-refractivity contribution in [1.82, 2.24) is 0 Å². The van der Waals surface area contributed by atoms with Crippen LogP contribution in [0.5, 0.6) is 11.5 Å². The summed E-state index contributed by atoms with van der Waals surface area (Å²) in [6.07, 6.45) is 0. The number of esters is 1. The van der Waals surface area contributed by atoms with Crippen LogP contribution in [0.2, 0.25) is 0 Å². The minimum absolute atomic E-state index is 0.0439. The molecule has 0 spiro atoms. The van der Waals surface area contributed by atoms with Crippen LogP contribution in [-0.2, 0) is 20.9 Å². The van der Waals surface area contributed by atoms with Crippen LogP contribution < -0.4 is 15.2 Å². The van der Waals surface area contributed by atoms with E-state index in [2.05, 4.69) is 22.0 Å². The number of hydrogen-bond donors (Lipinski definition) is 1. The van der Waals surface area contributed by atoms with E-state index in [4.69, 9.17) is 24.7 Å². The number of carbonyl (C=O) groups excluding carboxylic acids is 1. The third kappa shape index (κ3) is 4.89.